The van der Waals surface area contributed by atoms with Gasteiger partial charge in [0.25, 0.3) is 5.89 Å². The quantitative estimate of drug-likeness (QED) is 0.575. The summed E-state index contributed by atoms with van der Waals surface area (Å²) in [5.74, 6) is 1.77. The van der Waals surface area contributed by atoms with Crippen LogP contribution in [0.1, 0.15) is 5.82 Å². The standard InChI is InChI=1S/C15H12ClN3OS/c16-11-2-1-3-13(8-11)21-9-14-18-15(20-19-14)10-4-6-12(17)7-5-10/h1-8H,9,17H2. The average Bonchev–Trinajstić information content (AvgIpc) is 2.95. The lowest BCUT2D eigenvalue weighted by molar-refractivity contribution is 0.425. The lowest BCUT2D eigenvalue weighted by Gasteiger charge is -1.98. The monoisotopic (exact) mass is 317 g/mol. The van der Waals surface area contributed by atoms with Crippen molar-refractivity contribution in [2.45, 2.75) is 10.6 Å². The molecule has 106 valence electrons. The van der Waals surface area contributed by atoms with Gasteiger partial charge >= 0.3 is 0 Å². The Bertz CT molecular complexity index is 743. The van der Waals surface area contributed by atoms with Crippen molar-refractivity contribution in [3.05, 3.63) is 59.4 Å². The Morgan fingerprint density at radius 3 is 2.71 bits per heavy atom. The fraction of sp³-hybridized carbons (Fsp3) is 0.0667. The second-order valence-electron chi connectivity index (χ2n) is 4.38. The van der Waals surface area contributed by atoms with Crippen molar-refractivity contribution in [2.75, 3.05) is 5.73 Å². The molecule has 0 amide bonds. The Hall–Kier alpha value is -1.98. The highest BCUT2D eigenvalue weighted by Crippen LogP contribution is 2.25. The van der Waals surface area contributed by atoms with Gasteiger partial charge in [0.15, 0.2) is 5.82 Å². The number of halogens is 1. The summed E-state index contributed by atoms with van der Waals surface area (Å²) in [7, 11) is 0. The molecule has 0 radical (unpaired) electrons. The maximum atomic E-state index is 5.95. The van der Waals surface area contributed by atoms with Crippen LogP contribution in [-0.4, -0.2) is 10.1 Å². The first-order valence-electron chi connectivity index (χ1n) is 6.27. The first kappa shape index (κ1) is 14.0. The summed E-state index contributed by atoms with van der Waals surface area (Å²) in [4.78, 5) is 5.45. The van der Waals surface area contributed by atoms with E-state index in [1.54, 1.807) is 23.9 Å². The molecule has 4 nitrogen and oxygen atoms in total. The summed E-state index contributed by atoms with van der Waals surface area (Å²) in [6, 6.07) is 15.0. The minimum Gasteiger partial charge on any atom is -0.399 e. The van der Waals surface area contributed by atoms with Gasteiger partial charge in [-0.25, -0.2) is 0 Å². The molecule has 1 aromatic heterocycles. The summed E-state index contributed by atoms with van der Waals surface area (Å²) in [6.45, 7) is 0. The van der Waals surface area contributed by atoms with Gasteiger partial charge in [-0.2, -0.15) is 4.98 Å². The predicted molar refractivity (Wildman–Crippen MR) is 85.2 cm³/mol. The number of hydrogen-bond donors (Lipinski definition) is 1. The highest BCUT2D eigenvalue weighted by Gasteiger charge is 2.09. The normalized spacial score (nSPS) is 10.7. The largest absolute Gasteiger partial charge is 0.399 e. The third-order valence-corrected chi connectivity index (χ3v) is 4.01. The van der Waals surface area contributed by atoms with Crippen LogP contribution in [0, 0.1) is 0 Å². The summed E-state index contributed by atoms with van der Waals surface area (Å²) < 4.78 is 5.26. The molecule has 0 spiro atoms. The molecule has 0 saturated heterocycles. The fourth-order valence-corrected chi connectivity index (χ4v) is 2.81. The molecule has 1 heterocycles. The van der Waals surface area contributed by atoms with Crippen molar-refractivity contribution in [1.82, 2.24) is 10.1 Å². The molecule has 3 aromatic rings. The SMILES string of the molecule is Nc1ccc(-c2nc(CSc3cccc(Cl)c3)no2)cc1. The molecule has 0 atom stereocenters. The average molecular weight is 318 g/mol. The lowest BCUT2D eigenvalue weighted by Crippen LogP contribution is -1.85. The highest BCUT2D eigenvalue weighted by molar-refractivity contribution is 7.98. The van der Waals surface area contributed by atoms with Crippen molar-refractivity contribution >= 4 is 29.1 Å². The second-order valence-corrected chi connectivity index (χ2v) is 5.87. The lowest BCUT2D eigenvalue weighted by atomic mass is 10.2. The van der Waals surface area contributed by atoms with Crippen molar-refractivity contribution in [3.63, 3.8) is 0 Å². The van der Waals surface area contributed by atoms with Crippen LogP contribution >= 0.6 is 23.4 Å². The van der Waals surface area contributed by atoms with Gasteiger partial charge in [0, 0.05) is 21.2 Å². The zero-order valence-electron chi connectivity index (χ0n) is 11.0. The zero-order valence-corrected chi connectivity index (χ0v) is 12.6. The van der Waals surface area contributed by atoms with E-state index in [-0.39, 0.29) is 0 Å². The number of hydrogen-bond acceptors (Lipinski definition) is 5. The maximum Gasteiger partial charge on any atom is 0.257 e. The Labute approximate surface area is 131 Å². The van der Waals surface area contributed by atoms with Crippen LogP contribution < -0.4 is 5.73 Å². The molecule has 2 aromatic carbocycles. The molecule has 0 fully saturated rings. The van der Waals surface area contributed by atoms with Crippen LogP contribution in [0.15, 0.2) is 57.9 Å². The molecule has 0 unspecified atom stereocenters. The summed E-state index contributed by atoms with van der Waals surface area (Å²) in [5.41, 5.74) is 7.21. The van der Waals surface area contributed by atoms with Gasteiger partial charge in [0.05, 0.1) is 5.75 Å². The first-order valence-corrected chi connectivity index (χ1v) is 7.64. The smallest absolute Gasteiger partial charge is 0.257 e. The van der Waals surface area contributed by atoms with E-state index in [4.69, 9.17) is 21.9 Å². The first-order chi connectivity index (χ1) is 10.2. The van der Waals surface area contributed by atoms with E-state index >= 15 is 0 Å². The van der Waals surface area contributed by atoms with Gasteiger partial charge in [0.1, 0.15) is 0 Å². The van der Waals surface area contributed by atoms with E-state index in [1.165, 1.54) is 0 Å². The van der Waals surface area contributed by atoms with Gasteiger partial charge in [0.2, 0.25) is 0 Å². The zero-order chi connectivity index (χ0) is 14.7. The van der Waals surface area contributed by atoms with Gasteiger partial charge < -0.3 is 10.3 Å². The number of aromatic nitrogens is 2. The van der Waals surface area contributed by atoms with Gasteiger partial charge in [-0.1, -0.05) is 22.8 Å². The minimum absolute atomic E-state index is 0.497. The topological polar surface area (TPSA) is 64.9 Å². The van der Waals surface area contributed by atoms with Crippen LogP contribution in [0.3, 0.4) is 0 Å². The summed E-state index contributed by atoms with van der Waals surface area (Å²) in [5, 5.41) is 4.70. The fourth-order valence-electron chi connectivity index (χ4n) is 1.76. The number of nitrogens with zero attached hydrogens (tertiary/aromatic N) is 2. The summed E-state index contributed by atoms with van der Waals surface area (Å²) in [6.07, 6.45) is 0. The highest BCUT2D eigenvalue weighted by atomic mass is 35.5. The Morgan fingerprint density at radius 2 is 1.95 bits per heavy atom. The van der Waals surface area contributed by atoms with Crippen molar-refractivity contribution in [3.8, 4) is 11.5 Å². The molecule has 6 heteroatoms. The molecule has 3 rings (SSSR count). The molecule has 0 saturated carbocycles. The number of thioether (sulfide) groups is 1. The number of rotatable bonds is 4. The van der Waals surface area contributed by atoms with Gasteiger partial charge in [-0.05, 0) is 42.5 Å². The molecular formula is C15H12ClN3OS. The molecule has 0 aliphatic heterocycles. The number of benzene rings is 2. The Balaban J connectivity index is 1.69. The van der Waals surface area contributed by atoms with Crippen LogP contribution in [-0.2, 0) is 5.75 Å². The molecule has 0 bridgehead atoms. The molecule has 21 heavy (non-hydrogen) atoms. The van der Waals surface area contributed by atoms with E-state index in [2.05, 4.69) is 10.1 Å². The Morgan fingerprint density at radius 1 is 1.14 bits per heavy atom. The minimum atomic E-state index is 0.497. The van der Waals surface area contributed by atoms with Crippen LogP contribution in [0.4, 0.5) is 5.69 Å². The van der Waals surface area contributed by atoms with E-state index in [1.807, 2.05) is 36.4 Å². The molecular weight excluding hydrogens is 306 g/mol. The number of anilines is 1. The van der Waals surface area contributed by atoms with Crippen molar-refractivity contribution < 1.29 is 4.52 Å². The Kier molecular flexibility index (Phi) is 4.13. The van der Waals surface area contributed by atoms with Gasteiger partial charge in [-0.3, -0.25) is 0 Å². The number of nitrogen functional groups attached to an aromatic ring is 1. The van der Waals surface area contributed by atoms with Crippen molar-refractivity contribution in [2.24, 2.45) is 0 Å². The third kappa shape index (κ3) is 3.56. The van der Waals surface area contributed by atoms with Crippen LogP contribution in [0.25, 0.3) is 11.5 Å². The summed E-state index contributed by atoms with van der Waals surface area (Å²) >= 11 is 7.56. The molecule has 0 aliphatic rings. The third-order valence-electron chi connectivity index (χ3n) is 2.79. The number of nitrogens with two attached hydrogens (primary N) is 1. The van der Waals surface area contributed by atoms with Crippen molar-refractivity contribution in [1.29, 1.82) is 0 Å². The predicted octanol–water partition coefficient (Wildman–Crippen LogP) is 4.26. The second kappa shape index (κ2) is 6.20. The van der Waals surface area contributed by atoms with Crippen LogP contribution in [0.2, 0.25) is 5.02 Å². The van der Waals surface area contributed by atoms with E-state index < -0.39 is 0 Å². The molecule has 0 aliphatic carbocycles. The van der Waals surface area contributed by atoms with E-state index in [0.29, 0.717) is 23.2 Å². The van der Waals surface area contributed by atoms with Crippen LogP contribution in [0.5, 0.6) is 0 Å². The van der Waals surface area contributed by atoms with E-state index in [9.17, 15) is 0 Å². The molecule has 2 N–H and O–H groups in total. The van der Waals surface area contributed by atoms with E-state index in [0.717, 1.165) is 15.5 Å². The maximum absolute atomic E-state index is 5.95. The van der Waals surface area contributed by atoms with Gasteiger partial charge in [-0.15, -0.1) is 11.8 Å².